The zero-order valence-electron chi connectivity index (χ0n) is 6.66. The van der Waals surface area contributed by atoms with Crippen molar-refractivity contribution in [2.45, 2.75) is 25.4 Å². The highest BCUT2D eigenvalue weighted by Crippen LogP contribution is 2.30. The zero-order chi connectivity index (χ0) is 8.55. The second-order valence-corrected chi connectivity index (χ2v) is 3.19. The van der Waals surface area contributed by atoms with E-state index in [-0.39, 0.29) is 17.4 Å². The Morgan fingerprint density at radius 2 is 2.33 bits per heavy atom. The maximum absolute atomic E-state index is 5.51. The average Bonchev–Trinajstić information content (AvgIpc) is 2.58. The number of nitrogens with zero attached hydrogens (tertiary/aromatic N) is 2. The minimum absolute atomic E-state index is 0.101. The molecule has 12 heavy (non-hydrogen) atoms. The Kier molecular flexibility index (Phi) is 2.02. The van der Waals surface area contributed by atoms with Crippen LogP contribution in [-0.2, 0) is 4.74 Å². The van der Waals surface area contributed by atoms with E-state index in [1.807, 2.05) is 6.92 Å². The topological polar surface area (TPSA) is 48.2 Å². The molecular weight excluding hydrogens is 180 g/mol. The van der Waals surface area contributed by atoms with Gasteiger partial charge in [0.05, 0.1) is 12.0 Å². The van der Waals surface area contributed by atoms with Gasteiger partial charge in [-0.15, -0.1) is 5.10 Å². The minimum Gasteiger partial charge on any atom is -0.412 e. The van der Waals surface area contributed by atoms with Crippen LogP contribution >= 0.6 is 11.6 Å². The molecule has 0 N–H and O–H groups in total. The fourth-order valence-electron chi connectivity index (χ4n) is 1.42. The summed E-state index contributed by atoms with van der Waals surface area (Å²) in [6.45, 7) is 2.75. The third-order valence-corrected chi connectivity index (χ3v) is 2.26. The molecule has 0 bridgehead atoms. The highest BCUT2D eigenvalue weighted by molar-refractivity contribution is 6.27. The van der Waals surface area contributed by atoms with Crippen LogP contribution in [0.5, 0.6) is 0 Å². The lowest BCUT2D eigenvalue weighted by molar-refractivity contribution is 0.114. The summed E-state index contributed by atoms with van der Waals surface area (Å²) in [5.74, 6) is 0.801. The third-order valence-electron chi connectivity index (χ3n) is 2.11. The average molecular weight is 189 g/mol. The smallest absolute Gasteiger partial charge is 0.312 e. The monoisotopic (exact) mass is 188 g/mol. The number of aromatic nitrogens is 2. The predicted octanol–water partition coefficient (Wildman–Crippen LogP) is 1.62. The van der Waals surface area contributed by atoms with Crippen molar-refractivity contribution in [3.63, 3.8) is 0 Å². The van der Waals surface area contributed by atoms with E-state index in [1.54, 1.807) is 0 Å². The van der Waals surface area contributed by atoms with E-state index < -0.39 is 0 Å². The van der Waals surface area contributed by atoms with Crippen LogP contribution in [-0.4, -0.2) is 22.9 Å². The largest absolute Gasteiger partial charge is 0.412 e. The van der Waals surface area contributed by atoms with Crippen LogP contribution in [0.15, 0.2) is 4.42 Å². The van der Waals surface area contributed by atoms with E-state index in [4.69, 9.17) is 20.8 Å². The molecule has 2 atom stereocenters. The van der Waals surface area contributed by atoms with Crippen molar-refractivity contribution in [1.82, 2.24) is 10.2 Å². The Bertz CT molecular complexity index is 276. The van der Waals surface area contributed by atoms with Crippen molar-refractivity contribution in [3.8, 4) is 0 Å². The third kappa shape index (κ3) is 1.32. The van der Waals surface area contributed by atoms with Gasteiger partial charge in [-0.25, -0.2) is 0 Å². The fourth-order valence-corrected chi connectivity index (χ4v) is 1.54. The minimum atomic E-state index is 0.101. The van der Waals surface area contributed by atoms with Crippen molar-refractivity contribution in [3.05, 3.63) is 11.2 Å². The lowest BCUT2D eigenvalue weighted by Crippen LogP contribution is -2.09. The van der Waals surface area contributed by atoms with Gasteiger partial charge in [0, 0.05) is 6.61 Å². The van der Waals surface area contributed by atoms with E-state index in [0.29, 0.717) is 5.89 Å². The second-order valence-electron chi connectivity index (χ2n) is 2.86. The quantitative estimate of drug-likeness (QED) is 0.672. The van der Waals surface area contributed by atoms with Gasteiger partial charge in [-0.2, -0.15) is 0 Å². The van der Waals surface area contributed by atoms with Crippen molar-refractivity contribution in [1.29, 1.82) is 0 Å². The molecule has 0 aliphatic carbocycles. The summed E-state index contributed by atoms with van der Waals surface area (Å²) in [6.07, 6.45) is 1.08. The number of halogens is 1. The first-order valence-electron chi connectivity index (χ1n) is 3.88. The maximum atomic E-state index is 5.51. The molecule has 0 amide bonds. The summed E-state index contributed by atoms with van der Waals surface area (Å²) in [4.78, 5) is 0. The molecule has 1 aromatic heterocycles. The molecule has 2 unspecified atom stereocenters. The Labute approximate surface area is 74.9 Å². The molecule has 66 valence electrons. The Morgan fingerprint density at radius 3 is 2.83 bits per heavy atom. The second kappa shape index (κ2) is 3.03. The van der Waals surface area contributed by atoms with Crippen LogP contribution in [0.1, 0.15) is 25.2 Å². The molecule has 2 rings (SSSR count). The lowest BCUT2D eigenvalue weighted by Gasteiger charge is -2.07. The highest BCUT2D eigenvalue weighted by Gasteiger charge is 2.30. The van der Waals surface area contributed by atoms with Crippen molar-refractivity contribution >= 4 is 11.6 Å². The van der Waals surface area contributed by atoms with Gasteiger partial charge in [0.15, 0.2) is 0 Å². The van der Waals surface area contributed by atoms with E-state index >= 15 is 0 Å². The van der Waals surface area contributed by atoms with Gasteiger partial charge in [-0.3, -0.25) is 0 Å². The van der Waals surface area contributed by atoms with Crippen LogP contribution in [0, 0.1) is 0 Å². The predicted molar refractivity (Wildman–Crippen MR) is 42.1 cm³/mol. The van der Waals surface area contributed by atoms with E-state index in [0.717, 1.165) is 13.0 Å². The van der Waals surface area contributed by atoms with Crippen LogP contribution in [0.2, 0.25) is 5.35 Å². The van der Waals surface area contributed by atoms with Crippen LogP contribution in [0.4, 0.5) is 0 Å². The first-order valence-corrected chi connectivity index (χ1v) is 4.25. The summed E-state index contributed by atoms with van der Waals surface area (Å²) in [5, 5.41) is 7.51. The normalized spacial score (nSPS) is 29.5. The van der Waals surface area contributed by atoms with Gasteiger partial charge in [0.1, 0.15) is 0 Å². The van der Waals surface area contributed by atoms with Crippen LogP contribution in [0.25, 0.3) is 0 Å². The molecule has 1 aliphatic heterocycles. The maximum Gasteiger partial charge on any atom is 0.312 e. The van der Waals surface area contributed by atoms with Gasteiger partial charge in [-0.1, -0.05) is 5.10 Å². The van der Waals surface area contributed by atoms with Gasteiger partial charge >= 0.3 is 5.35 Å². The number of ether oxygens (including phenoxy) is 1. The number of rotatable bonds is 1. The first-order chi connectivity index (χ1) is 5.77. The molecule has 1 saturated heterocycles. The summed E-state index contributed by atoms with van der Waals surface area (Å²) in [5.41, 5.74) is 0. The molecule has 5 heteroatoms. The summed E-state index contributed by atoms with van der Waals surface area (Å²) in [7, 11) is 0. The zero-order valence-corrected chi connectivity index (χ0v) is 7.41. The van der Waals surface area contributed by atoms with Gasteiger partial charge in [0.2, 0.25) is 5.89 Å². The van der Waals surface area contributed by atoms with Gasteiger partial charge < -0.3 is 9.15 Å². The standard InChI is InChI=1S/C7H9ClN2O2/c1-4-5(2-3-11-4)6-9-10-7(8)12-6/h4-5H,2-3H2,1H3. The Balaban J connectivity index is 2.19. The van der Waals surface area contributed by atoms with Crippen LogP contribution < -0.4 is 0 Å². The van der Waals surface area contributed by atoms with Crippen LogP contribution in [0.3, 0.4) is 0 Å². The number of hydrogen-bond donors (Lipinski definition) is 0. The SMILES string of the molecule is CC1OCCC1c1nnc(Cl)o1. The van der Waals surface area contributed by atoms with E-state index in [2.05, 4.69) is 10.2 Å². The van der Waals surface area contributed by atoms with Gasteiger partial charge in [-0.05, 0) is 24.9 Å². The summed E-state index contributed by atoms with van der Waals surface area (Å²) >= 11 is 5.51. The molecular formula is C7H9ClN2O2. The molecule has 2 heterocycles. The summed E-state index contributed by atoms with van der Waals surface area (Å²) in [6, 6.07) is 0. The molecule has 1 aliphatic rings. The van der Waals surface area contributed by atoms with Crippen molar-refractivity contribution in [2.75, 3.05) is 6.61 Å². The Morgan fingerprint density at radius 1 is 1.50 bits per heavy atom. The molecule has 0 saturated carbocycles. The fraction of sp³-hybridized carbons (Fsp3) is 0.714. The van der Waals surface area contributed by atoms with Gasteiger partial charge in [0.25, 0.3) is 0 Å². The molecule has 0 radical (unpaired) electrons. The molecule has 1 aromatic rings. The molecule has 0 aromatic carbocycles. The van der Waals surface area contributed by atoms with E-state index in [9.17, 15) is 0 Å². The first kappa shape index (κ1) is 8.01. The lowest BCUT2D eigenvalue weighted by atomic mass is 10.0. The molecule has 0 spiro atoms. The van der Waals surface area contributed by atoms with Crippen molar-refractivity contribution in [2.24, 2.45) is 0 Å². The van der Waals surface area contributed by atoms with Crippen molar-refractivity contribution < 1.29 is 9.15 Å². The molecule has 4 nitrogen and oxygen atoms in total. The number of hydrogen-bond acceptors (Lipinski definition) is 4. The highest BCUT2D eigenvalue weighted by atomic mass is 35.5. The summed E-state index contributed by atoms with van der Waals surface area (Å²) < 4.78 is 10.5. The Hall–Kier alpha value is -0.610. The van der Waals surface area contributed by atoms with E-state index in [1.165, 1.54) is 0 Å². The molecule has 1 fully saturated rings.